The summed E-state index contributed by atoms with van der Waals surface area (Å²) in [6.07, 6.45) is 1.89. The lowest BCUT2D eigenvalue weighted by atomic mass is 10.1. The van der Waals surface area contributed by atoms with Crippen molar-refractivity contribution in [2.75, 3.05) is 6.54 Å². The molecule has 4 heterocycles. The fourth-order valence-electron chi connectivity index (χ4n) is 3.08. The van der Waals surface area contributed by atoms with Gasteiger partial charge >= 0.3 is 0 Å². The molecule has 3 aromatic rings. The molecule has 1 aliphatic heterocycles. The van der Waals surface area contributed by atoms with Crippen molar-refractivity contribution in [1.82, 2.24) is 15.0 Å². The number of carbonyl (C=O) groups is 1. The highest BCUT2D eigenvalue weighted by atomic mass is 32.1. The normalized spacial score (nSPS) is 17.6. The monoisotopic (exact) mass is 359 g/mol. The van der Waals surface area contributed by atoms with Crippen molar-refractivity contribution in [1.29, 1.82) is 0 Å². The predicted octanol–water partition coefficient (Wildman–Crippen LogP) is 4.45. The maximum Gasteiger partial charge on any atom is 0.266 e. The summed E-state index contributed by atoms with van der Waals surface area (Å²) in [7, 11) is 0. The number of hydrogen-bond acceptors (Lipinski definition) is 6. The fraction of sp³-hybridized carbons (Fsp3) is 0.353. The molecule has 1 atom stereocenters. The average Bonchev–Trinajstić information content (AvgIpc) is 3.33. The van der Waals surface area contributed by atoms with Crippen molar-refractivity contribution in [3.05, 3.63) is 45.6 Å². The van der Waals surface area contributed by atoms with Crippen molar-refractivity contribution in [3.8, 4) is 9.88 Å². The Morgan fingerprint density at radius 1 is 1.42 bits per heavy atom. The van der Waals surface area contributed by atoms with Gasteiger partial charge in [0.15, 0.2) is 5.76 Å². The van der Waals surface area contributed by atoms with E-state index in [1.165, 1.54) is 11.3 Å². The largest absolute Gasteiger partial charge is 0.359 e. The van der Waals surface area contributed by atoms with Crippen molar-refractivity contribution >= 4 is 28.6 Å². The number of nitrogens with zero attached hydrogens (tertiary/aromatic N) is 3. The van der Waals surface area contributed by atoms with Gasteiger partial charge in [0.2, 0.25) is 0 Å². The van der Waals surface area contributed by atoms with E-state index in [4.69, 9.17) is 4.52 Å². The van der Waals surface area contributed by atoms with E-state index in [-0.39, 0.29) is 11.9 Å². The van der Waals surface area contributed by atoms with Crippen LogP contribution >= 0.6 is 22.7 Å². The molecule has 1 fully saturated rings. The Morgan fingerprint density at radius 3 is 3.00 bits per heavy atom. The molecule has 0 aromatic carbocycles. The van der Waals surface area contributed by atoms with Crippen LogP contribution in [0.2, 0.25) is 0 Å². The molecule has 4 rings (SSSR count). The van der Waals surface area contributed by atoms with Crippen LogP contribution in [0, 0.1) is 13.8 Å². The first-order valence-corrected chi connectivity index (χ1v) is 9.58. The van der Waals surface area contributed by atoms with Crippen LogP contribution in [0.25, 0.3) is 9.88 Å². The van der Waals surface area contributed by atoms with Crippen LogP contribution in [0.4, 0.5) is 0 Å². The first-order chi connectivity index (χ1) is 11.6. The summed E-state index contributed by atoms with van der Waals surface area (Å²) in [6, 6.07) is 5.94. The second-order valence-electron chi connectivity index (χ2n) is 5.94. The van der Waals surface area contributed by atoms with Gasteiger partial charge in [-0.2, -0.15) is 0 Å². The molecule has 0 spiro atoms. The van der Waals surface area contributed by atoms with E-state index < -0.39 is 0 Å². The molecular formula is C17H17N3O2S2. The summed E-state index contributed by atoms with van der Waals surface area (Å²) in [5.41, 5.74) is 1.64. The van der Waals surface area contributed by atoms with E-state index in [0.29, 0.717) is 0 Å². The van der Waals surface area contributed by atoms with Crippen LogP contribution in [0.1, 0.15) is 45.7 Å². The van der Waals surface area contributed by atoms with Crippen LogP contribution in [0.5, 0.6) is 0 Å². The van der Waals surface area contributed by atoms with E-state index in [0.717, 1.165) is 51.3 Å². The van der Waals surface area contributed by atoms with Gasteiger partial charge in [-0.1, -0.05) is 11.2 Å². The van der Waals surface area contributed by atoms with Gasteiger partial charge in [-0.25, -0.2) is 4.98 Å². The number of carbonyl (C=O) groups excluding carboxylic acids is 1. The van der Waals surface area contributed by atoms with E-state index in [2.05, 4.69) is 10.1 Å². The van der Waals surface area contributed by atoms with Crippen molar-refractivity contribution < 1.29 is 9.32 Å². The topological polar surface area (TPSA) is 59.2 Å². The van der Waals surface area contributed by atoms with Gasteiger partial charge < -0.3 is 9.42 Å². The van der Waals surface area contributed by atoms with Gasteiger partial charge in [-0.15, -0.1) is 22.7 Å². The van der Waals surface area contributed by atoms with Gasteiger partial charge in [0.05, 0.1) is 22.3 Å². The van der Waals surface area contributed by atoms with Gasteiger partial charge in [-0.05, 0) is 38.1 Å². The lowest BCUT2D eigenvalue weighted by molar-refractivity contribution is 0.0718. The number of amides is 1. The number of aromatic nitrogens is 2. The van der Waals surface area contributed by atoms with E-state index in [9.17, 15) is 4.79 Å². The van der Waals surface area contributed by atoms with Crippen molar-refractivity contribution in [2.24, 2.45) is 0 Å². The molecule has 1 amide bonds. The molecule has 0 aliphatic carbocycles. The third kappa shape index (κ3) is 2.67. The second-order valence-corrected chi connectivity index (χ2v) is 7.88. The first kappa shape index (κ1) is 15.5. The minimum absolute atomic E-state index is 0.0228. The molecule has 3 aromatic heterocycles. The third-order valence-electron chi connectivity index (χ3n) is 4.21. The summed E-state index contributed by atoms with van der Waals surface area (Å²) < 4.78 is 5.40. The average molecular weight is 359 g/mol. The highest BCUT2D eigenvalue weighted by Gasteiger charge is 2.34. The summed E-state index contributed by atoms with van der Waals surface area (Å²) >= 11 is 3.12. The van der Waals surface area contributed by atoms with Gasteiger partial charge in [-0.3, -0.25) is 4.79 Å². The third-order valence-corrected chi connectivity index (χ3v) is 6.40. The smallest absolute Gasteiger partial charge is 0.266 e. The molecule has 0 saturated carbocycles. The lowest BCUT2D eigenvalue weighted by Gasteiger charge is -2.22. The number of thiazole rings is 1. The molecule has 24 heavy (non-hydrogen) atoms. The number of rotatable bonds is 3. The first-order valence-electron chi connectivity index (χ1n) is 7.89. The van der Waals surface area contributed by atoms with Crippen LogP contribution < -0.4 is 0 Å². The van der Waals surface area contributed by atoms with Crippen LogP contribution in [0.15, 0.2) is 28.1 Å². The Morgan fingerprint density at radius 2 is 2.29 bits per heavy atom. The van der Waals surface area contributed by atoms with Crippen molar-refractivity contribution in [3.63, 3.8) is 0 Å². The number of thiophene rings is 1. The van der Waals surface area contributed by atoms with Crippen LogP contribution in [-0.4, -0.2) is 27.5 Å². The minimum atomic E-state index is -0.0228. The summed E-state index contributed by atoms with van der Waals surface area (Å²) in [6.45, 7) is 4.55. The Balaban J connectivity index is 1.63. The molecule has 1 unspecified atom stereocenters. The van der Waals surface area contributed by atoms with Crippen LogP contribution in [-0.2, 0) is 0 Å². The van der Waals surface area contributed by atoms with Gasteiger partial charge in [0, 0.05) is 12.6 Å². The zero-order valence-corrected chi connectivity index (χ0v) is 15.1. The zero-order chi connectivity index (χ0) is 16.7. The molecular weight excluding hydrogens is 342 g/mol. The molecule has 0 N–H and O–H groups in total. The summed E-state index contributed by atoms with van der Waals surface area (Å²) in [5.74, 6) is 0.823. The molecule has 0 bridgehead atoms. The number of hydrogen-bond donors (Lipinski definition) is 0. The molecule has 1 saturated heterocycles. The predicted molar refractivity (Wildman–Crippen MR) is 94.4 cm³/mol. The Hall–Kier alpha value is -1.99. The highest BCUT2D eigenvalue weighted by Crippen LogP contribution is 2.37. The van der Waals surface area contributed by atoms with E-state index >= 15 is 0 Å². The molecule has 7 heteroatoms. The second kappa shape index (κ2) is 6.14. The molecule has 1 aliphatic rings. The fourth-order valence-corrected chi connectivity index (χ4v) is 4.90. The summed E-state index contributed by atoms with van der Waals surface area (Å²) in [4.78, 5) is 21.4. The van der Waals surface area contributed by atoms with Gasteiger partial charge in [0.1, 0.15) is 9.88 Å². The summed E-state index contributed by atoms with van der Waals surface area (Å²) in [5, 5.41) is 6.90. The molecule has 5 nitrogen and oxygen atoms in total. The highest BCUT2D eigenvalue weighted by molar-refractivity contribution is 7.22. The maximum atomic E-state index is 13.1. The molecule has 0 radical (unpaired) electrons. The van der Waals surface area contributed by atoms with Crippen LogP contribution in [0.3, 0.4) is 0 Å². The van der Waals surface area contributed by atoms with Gasteiger partial charge in [0.25, 0.3) is 5.91 Å². The Bertz CT molecular complexity index is 866. The van der Waals surface area contributed by atoms with E-state index in [1.807, 2.05) is 42.3 Å². The Kier molecular flexibility index (Phi) is 3.97. The molecule has 124 valence electrons. The maximum absolute atomic E-state index is 13.1. The van der Waals surface area contributed by atoms with E-state index in [1.54, 1.807) is 11.3 Å². The zero-order valence-electron chi connectivity index (χ0n) is 13.5. The van der Waals surface area contributed by atoms with Crippen molar-refractivity contribution in [2.45, 2.75) is 32.7 Å². The minimum Gasteiger partial charge on any atom is -0.359 e. The Labute approximate surface area is 147 Å². The standard InChI is InChI=1S/C17H17N3O2S2/c1-10-9-13(22-19-10)12-5-3-7-20(12)17(21)15-11(2)18-16(24-15)14-6-4-8-23-14/h4,6,8-9,12H,3,5,7H2,1-2H3. The number of aryl methyl sites for hydroxylation is 2. The quantitative estimate of drug-likeness (QED) is 0.693. The SMILES string of the molecule is Cc1cc(C2CCCN2C(=O)c2sc(-c3cccs3)nc2C)on1. The lowest BCUT2D eigenvalue weighted by Crippen LogP contribution is -2.30. The number of likely N-dealkylation sites (tertiary alicyclic amines) is 1.